The first-order chi connectivity index (χ1) is 5.99. The summed E-state index contributed by atoms with van der Waals surface area (Å²) in [5, 5.41) is 8.81. The molecule has 1 aromatic rings. The highest BCUT2D eigenvalue weighted by Gasteiger charge is 2.21. The van der Waals surface area contributed by atoms with Gasteiger partial charge >= 0.3 is 0 Å². The molecule has 0 aromatic heterocycles. The number of aryl methyl sites for hydroxylation is 1. The predicted molar refractivity (Wildman–Crippen MR) is 58.8 cm³/mol. The molecule has 0 amide bonds. The van der Waals surface area contributed by atoms with Crippen LogP contribution < -0.4 is 0 Å². The molecule has 0 radical (unpaired) electrons. The maximum Gasteiger partial charge on any atom is 0.0690 e. The summed E-state index contributed by atoms with van der Waals surface area (Å²) >= 11 is 0. The second-order valence-corrected chi connectivity index (χ2v) is 5.98. The van der Waals surface area contributed by atoms with Gasteiger partial charge in [-0.2, -0.15) is 5.26 Å². The van der Waals surface area contributed by atoms with Gasteiger partial charge in [0, 0.05) is 10.2 Å². The third-order valence-electron chi connectivity index (χ3n) is 2.56. The third kappa shape index (κ3) is 1.81. The van der Waals surface area contributed by atoms with Gasteiger partial charge in [-0.3, -0.25) is 0 Å². The van der Waals surface area contributed by atoms with Crippen molar-refractivity contribution in [3.05, 3.63) is 34.9 Å². The monoisotopic (exact) mass is 189 g/mol. The number of benzene rings is 1. The van der Waals surface area contributed by atoms with E-state index < -0.39 is 0 Å². The van der Waals surface area contributed by atoms with Crippen LogP contribution in [-0.4, -0.2) is 10.2 Å². The molecule has 0 aliphatic rings. The van der Waals surface area contributed by atoms with Crippen molar-refractivity contribution < 1.29 is 0 Å². The van der Waals surface area contributed by atoms with Crippen molar-refractivity contribution in [2.45, 2.75) is 25.8 Å². The van der Waals surface area contributed by atoms with E-state index in [0.717, 1.165) is 10.2 Å². The van der Waals surface area contributed by atoms with Gasteiger partial charge in [0.05, 0.1) is 11.1 Å². The molecule has 1 nitrogen and oxygen atoms in total. The van der Waals surface area contributed by atoms with Gasteiger partial charge in [-0.15, -0.1) is 0 Å². The second kappa shape index (κ2) is 3.35. The molecule has 0 N–H and O–H groups in total. The fraction of sp³-hybridized carbons (Fsp3) is 0.364. The summed E-state index contributed by atoms with van der Waals surface area (Å²) in [6, 6.07) is 8.58. The van der Waals surface area contributed by atoms with Crippen molar-refractivity contribution in [1.82, 2.24) is 0 Å². The van der Waals surface area contributed by atoms with Gasteiger partial charge in [0.25, 0.3) is 0 Å². The van der Waals surface area contributed by atoms with Crippen molar-refractivity contribution in [3.8, 4) is 6.07 Å². The van der Waals surface area contributed by atoms with Crippen LogP contribution in [0.5, 0.6) is 0 Å². The predicted octanol–water partition coefficient (Wildman–Crippen LogP) is 1.41. The lowest BCUT2D eigenvalue weighted by molar-refractivity contribution is 0.863. The molecule has 2 heteroatoms. The molecule has 1 aromatic carbocycles. The number of hydrogen-bond donors (Lipinski definition) is 0. The highest BCUT2D eigenvalue weighted by molar-refractivity contribution is 6.17. The topological polar surface area (TPSA) is 23.8 Å². The molecule has 0 heterocycles. The summed E-state index contributed by atoms with van der Waals surface area (Å²) in [5.41, 5.74) is 3.73. The molecule has 0 saturated heterocycles. The SMILES string of the molecule is Cc1cccc(C(C)([SiH3])C#N)c1C. The van der Waals surface area contributed by atoms with Crippen molar-refractivity contribution in [2.24, 2.45) is 0 Å². The van der Waals surface area contributed by atoms with Crippen LogP contribution in [0.1, 0.15) is 23.6 Å². The molecule has 1 rings (SSSR count). The zero-order valence-corrected chi connectivity index (χ0v) is 10.7. The molecule has 1 unspecified atom stereocenters. The minimum atomic E-state index is -0.240. The minimum Gasteiger partial charge on any atom is -0.198 e. The lowest BCUT2D eigenvalue weighted by Gasteiger charge is -2.19. The summed E-state index contributed by atoms with van der Waals surface area (Å²) in [4.78, 5) is 0. The Hall–Kier alpha value is -1.07. The Morgan fingerprint density at radius 2 is 2.00 bits per heavy atom. The van der Waals surface area contributed by atoms with E-state index in [4.69, 9.17) is 5.26 Å². The van der Waals surface area contributed by atoms with Crippen molar-refractivity contribution in [1.29, 1.82) is 5.26 Å². The van der Waals surface area contributed by atoms with Crippen molar-refractivity contribution in [3.63, 3.8) is 0 Å². The molecule has 0 bridgehead atoms. The van der Waals surface area contributed by atoms with E-state index in [1.807, 2.05) is 13.0 Å². The summed E-state index contributed by atoms with van der Waals surface area (Å²) in [7, 11) is 0.872. The normalized spacial score (nSPS) is 14.9. The van der Waals surface area contributed by atoms with Crippen molar-refractivity contribution in [2.75, 3.05) is 0 Å². The lowest BCUT2D eigenvalue weighted by Crippen LogP contribution is -2.20. The fourth-order valence-electron chi connectivity index (χ4n) is 1.49. The molecular formula is C11H15NSi. The molecular weight excluding hydrogens is 174 g/mol. The second-order valence-electron chi connectivity index (χ2n) is 3.98. The minimum absolute atomic E-state index is 0.240. The Morgan fingerprint density at radius 1 is 1.38 bits per heavy atom. The molecule has 1 atom stereocenters. The fourth-order valence-corrected chi connectivity index (χ4v) is 2.03. The Morgan fingerprint density at radius 3 is 2.54 bits per heavy atom. The maximum atomic E-state index is 9.05. The average molecular weight is 189 g/mol. The van der Waals surface area contributed by atoms with Gasteiger partial charge < -0.3 is 0 Å². The molecule has 68 valence electrons. The van der Waals surface area contributed by atoms with Gasteiger partial charge in [-0.05, 0) is 37.5 Å². The summed E-state index contributed by atoms with van der Waals surface area (Å²) in [6.45, 7) is 6.20. The first-order valence-electron chi connectivity index (χ1n) is 4.47. The maximum absolute atomic E-state index is 9.05. The zero-order valence-electron chi connectivity index (χ0n) is 8.68. The third-order valence-corrected chi connectivity index (χ3v) is 3.32. The summed E-state index contributed by atoms with van der Waals surface area (Å²) in [6.07, 6.45) is 0. The largest absolute Gasteiger partial charge is 0.198 e. The van der Waals surface area contributed by atoms with E-state index in [2.05, 4.69) is 32.0 Å². The van der Waals surface area contributed by atoms with E-state index in [1.165, 1.54) is 16.7 Å². The highest BCUT2D eigenvalue weighted by atomic mass is 28.1. The lowest BCUT2D eigenvalue weighted by atomic mass is 9.94. The molecule has 0 fully saturated rings. The van der Waals surface area contributed by atoms with E-state index in [1.54, 1.807) is 0 Å². The van der Waals surface area contributed by atoms with E-state index in [0.29, 0.717) is 0 Å². The first kappa shape index (κ1) is 10.0. The smallest absolute Gasteiger partial charge is 0.0690 e. The number of rotatable bonds is 1. The van der Waals surface area contributed by atoms with Crippen LogP contribution in [0, 0.1) is 25.2 Å². The molecule has 0 saturated carbocycles. The van der Waals surface area contributed by atoms with Crippen LogP contribution in [0.3, 0.4) is 0 Å². The van der Waals surface area contributed by atoms with Gasteiger partial charge in [0.2, 0.25) is 0 Å². The summed E-state index contributed by atoms with van der Waals surface area (Å²) in [5.74, 6) is 0. The van der Waals surface area contributed by atoms with E-state index >= 15 is 0 Å². The summed E-state index contributed by atoms with van der Waals surface area (Å²) < 4.78 is 0. The van der Waals surface area contributed by atoms with Gasteiger partial charge in [-0.25, -0.2) is 0 Å². The first-order valence-corrected chi connectivity index (χ1v) is 5.47. The molecule has 13 heavy (non-hydrogen) atoms. The average Bonchev–Trinajstić information content (AvgIpc) is 2.09. The molecule has 0 aliphatic carbocycles. The van der Waals surface area contributed by atoms with Crippen LogP contribution in [0.15, 0.2) is 18.2 Å². The van der Waals surface area contributed by atoms with Crippen LogP contribution in [0.2, 0.25) is 0 Å². The zero-order chi connectivity index (χ0) is 10.1. The van der Waals surface area contributed by atoms with Crippen LogP contribution >= 0.6 is 0 Å². The van der Waals surface area contributed by atoms with Crippen LogP contribution in [-0.2, 0) is 5.04 Å². The molecule has 0 aliphatic heterocycles. The van der Waals surface area contributed by atoms with Gasteiger partial charge in [-0.1, -0.05) is 18.2 Å². The van der Waals surface area contributed by atoms with Crippen molar-refractivity contribution >= 4 is 10.2 Å². The molecule has 0 spiro atoms. The number of hydrogen-bond acceptors (Lipinski definition) is 1. The van der Waals surface area contributed by atoms with Gasteiger partial charge in [0.15, 0.2) is 0 Å². The van der Waals surface area contributed by atoms with Crippen LogP contribution in [0.4, 0.5) is 0 Å². The van der Waals surface area contributed by atoms with E-state index in [9.17, 15) is 0 Å². The van der Waals surface area contributed by atoms with Gasteiger partial charge in [0.1, 0.15) is 0 Å². The van der Waals surface area contributed by atoms with Crippen LogP contribution in [0.25, 0.3) is 0 Å². The number of nitrogens with zero attached hydrogens (tertiary/aromatic N) is 1. The Labute approximate surface area is 82.8 Å². The Kier molecular flexibility index (Phi) is 2.58. The standard InChI is InChI=1S/C11H15NSi/c1-8-5-4-6-10(9(8)2)11(3,13)7-12/h4-6H,1-3,13H3. The highest BCUT2D eigenvalue weighted by Crippen LogP contribution is 2.24. The Balaban J connectivity index is 3.33. The van der Waals surface area contributed by atoms with E-state index in [-0.39, 0.29) is 5.04 Å². The Bertz CT molecular complexity index is 361. The quantitative estimate of drug-likeness (QED) is 0.613. The number of nitriles is 1.